The van der Waals surface area contributed by atoms with Crippen molar-refractivity contribution in [2.45, 2.75) is 0 Å². The van der Waals surface area contributed by atoms with Gasteiger partial charge in [-0.2, -0.15) is 12.1 Å². The van der Waals surface area contributed by atoms with Crippen LogP contribution in [0.25, 0.3) is 21.6 Å². The number of rotatable bonds is 2. The van der Waals surface area contributed by atoms with Gasteiger partial charge in [-0.15, -0.1) is 10.3 Å². The molecule has 3 aromatic rings. The Morgan fingerprint density at radius 1 is 0.684 bits per heavy atom. The molecule has 0 aliphatic heterocycles. The van der Waals surface area contributed by atoms with Crippen molar-refractivity contribution in [1.82, 2.24) is 0 Å². The first kappa shape index (κ1) is 16.1. The summed E-state index contributed by atoms with van der Waals surface area (Å²) in [6, 6.07) is 23.2. The van der Waals surface area contributed by atoms with Crippen LogP contribution in [0.15, 0.2) is 66.7 Å². The third-order valence-corrected chi connectivity index (χ3v) is 3.59. The predicted molar refractivity (Wildman–Crippen MR) is 74.0 cm³/mol. The Hall–Kier alpha value is -0.947. The summed E-state index contributed by atoms with van der Waals surface area (Å²) in [6.45, 7) is 0. The topological polar surface area (TPSA) is 0 Å². The van der Waals surface area contributed by atoms with Gasteiger partial charge in [0.2, 0.25) is 0 Å². The number of hydrogen-bond acceptors (Lipinski definition) is 1. The van der Waals surface area contributed by atoms with E-state index in [1.165, 1.54) is 21.6 Å². The van der Waals surface area contributed by atoms with E-state index in [-0.39, 0.29) is 31.9 Å². The van der Waals surface area contributed by atoms with Crippen LogP contribution < -0.4 is 12.4 Å². The summed E-state index contributed by atoms with van der Waals surface area (Å²) in [7, 11) is 0. The zero-order valence-corrected chi connectivity index (χ0v) is 14.9. The number of halogens is 1. The fourth-order valence-electron chi connectivity index (χ4n) is 1.85. The summed E-state index contributed by atoms with van der Waals surface area (Å²) >= 11 is 1.65. The van der Waals surface area contributed by atoms with Crippen LogP contribution in [0.3, 0.4) is 0 Å². The Kier molecular flexibility index (Phi) is 6.44. The first-order chi connectivity index (χ1) is 8.43. The van der Waals surface area contributed by atoms with Crippen molar-refractivity contribution in [1.29, 1.82) is 0 Å². The minimum absolute atomic E-state index is 0. The van der Waals surface area contributed by atoms with Crippen LogP contribution in [0.5, 0.6) is 0 Å². The summed E-state index contributed by atoms with van der Waals surface area (Å²) in [5.74, 6) is 0. The van der Waals surface area contributed by atoms with Crippen LogP contribution >= 0.6 is 11.3 Å². The van der Waals surface area contributed by atoms with Crippen molar-refractivity contribution < 1.29 is 31.9 Å². The molecule has 0 amide bonds. The van der Waals surface area contributed by atoms with Gasteiger partial charge in [-0.05, 0) is 11.1 Å². The van der Waals surface area contributed by atoms with Crippen molar-refractivity contribution in [3.05, 3.63) is 72.1 Å². The smallest absolute Gasteiger partial charge is 1.00 e. The largest absolute Gasteiger partial charge is 2.00 e. The number of benzene rings is 2. The van der Waals surface area contributed by atoms with E-state index in [4.69, 9.17) is 0 Å². The van der Waals surface area contributed by atoms with Crippen molar-refractivity contribution >= 4 is 11.3 Å². The maximum absolute atomic E-state index is 3.12. The van der Waals surface area contributed by atoms with E-state index in [1.807, 2.05) is 12.1 Å². The molecule has 0 aliphatic rings. The number of thiophene rings is 1. The fraction of sp³-hybridized carbons (Fsp3) is 0. The molecule has 0 fully saturated rings. The maximum atomic E-state index is 3.12. The summed E-state index contributed by atoms with van der Waals surface area (Å²) in [5.41, 5.74) is 3.78. The maximum Gasteiger partial charge on any atom is 2.00 e. The van der Waals surface area contributed by atoms with Crippen LogP contribution in [0.2, 0.25) is 0 Å². The van der Waals surface area contributed by atoms with E-state index in [1.54, 1.807) is 11.3 Å². The molecule has 0 unspecified atom stereocenters. The molecule has 0 nitrogen and oxygen atoms in total. The van der Waals surface area contributed by atoms with Gasteiger partial charge in [-0.25, -0.2) is 0 Å². The monoisotopic (exact) mass is 334 g/mol. The van der Waals surface area contributed by atoms with E-state index in [2.05, 4.69) is 60.0 Å². The molecule has 0 N–H and O–H groups in total. The quantitative estimate of drug-likeness (QED) is 0.495. The fourth-order valence-corrected chi connectivity index (χ4v) is 2.51. The zero-order valence-electron chi connectivity index (χ0n) is 10.3. The molecule has 0 radical (unpaired) electrons. The van der Waals surface area contributed by atoms with Crippen molar-refractivity contribution in [2.24, 2.45) is 0 Å². The Morgan fingerprint density at radius 3 is 1.84 bits per heavy atom. The molecule has 3 rings (SSSR count). The second kappa shape index (κ2) is 7.60. The van der Waals surface area contributed by atoms with Gasteiger partial charge in [0.15, 0.2) is 0 Å². The average Bonchev–Trinajstić information content (AvgIpc) is 2.94. The second-order valence-corrected chi connectivity index (χ2v) is 4.74. The Balaban J connectivity index is 0.000000902. The standard InChI is InChI=1S/C16H11S.ClH.Zn/c1-2-5-13(6-3-1)14-8-10-15(11-9-14)16-7-4-12-17-16;;/h1-11H;1H;/q-1;;+2/p-1. The summed E-state index contributed by atoms with van der Waals surface area (Å²) in [5, 5.41) is 3.12. The molecule has 0 saturated carbocycles. The zero-order chi connectivity index (χ0) is 11.5. The van der Waals surface area contributed by atoms with Gasteiger partial charge in [0.05, 0.1) is 0 Å². The summed E-state index contributed by atoms with van der Waals surface area (Å²) in [4.78, 5) is 1.27. The van der Waals surface area contributed by atoms with Crippen LogP contribution in [0, 0.1) is 5.38 Å². The molecule has 0 bridgehead atoms. The van der Waals surface area contributed by atoms with E-state index in [0.29, 0.717) is 0 Å². The molecule has 0 aliphatic carbocycles. The van der Waals surface area contributed by atoms with E-state index in [9.17, 15) is 0 Å². The second-order valence-electron chi connectivity index (χ2n) is 3.86. The number of hydrogen-bond donors (Lipinski definition) is 0. The van der Waals surface area contributed by atoms with Crippen LogP contribution in [0.1, 0.15) is 0 Å². The van der Waals surface area contributed by atoms with Gasteiger partial charge in [0.25, 0.3) is 0 Å². The van der Waals surface area contributed by atoms with E-state index in [0.717, 1.165) is 0 Å². The minimum atomic E-state index is 0. The molecule has 19 heavy (non-hydrogen) atoms. The van der Waals surface area contributed by atoms with Crippen molar-refractivity contribution in [3.8, 4) is 21.6 Å². The Bertz CT molecular complexity index is 588. The average molecular weight is 336 g/mol. The van der Waals surface area contributed by atoms with Gasteiger partial charge < -0.3 is 12.4 Å². The molecule has 0 saturated heterocycles. The normalized spacial score (nSPS) is 9.26. The van der Waals surface area contributed by atoms with Crippen molar-refractivity contribution in [2.75, 3.05) is 0 Å². The Morgan fingerprint density at radius 2 is 1.26 bits per heavy atom. The summed E-state index contributed by atoms with van der Waals surface area (Å²) in [6.07, 6.45) is 0. The molecule has 1 aromatic heterocycles. The molecule has 3 heteroatoms. The molecule has 0 atom stereocenters. The van der Waals surface area contributed by atoms with Gasteiger partial charge >= 0.3 is 19.5 Å². The van der Waals surface area contributed by atoms with Crippen LogP contribution in [-0.4, -0.2) is 0 Å². The SMILES string of the molecule is [Cl-].[Zn+2].[c-]1ccc(-c2ccc(-c3ccccc3)cc2)s1. The van der Waals surface area contributed by atoms with Crippen molar-refractivity contribution in [3.63, 3.8) is 0 Å². The van der Waals surface area contributed by atoms with Gasteiger partial charge in [-0.3, -0.25) is 11.3 Å². The molecule has 90 valence electrons. The minimum Gasteiger partial charge on any atom is -1.00 e. The first-order valence-electron chi connectivity index (χ1n) is 5.55. The summed E-state index contributed by atoms with van der Waals surface area (Å²) < 4.78 is 0. The Labute approximate surface area is 136 Å². The van der Waals surface area contributed by atoms with E-state index < -0.39 is 0 Å². The molecular formula is C16H11ClSZn. The van der Waals surface area contributed by atoms with Gasteiger partial charge in [0.1, 0.15) is 0 Å². The van der Waals surface area contributed by atoms with Gasteiger partial charge in [-0.1, -0.05) is 60.2 Å². The third kappa shape index (κ3) is 3.76. The van der Waals surface area contributed by atoms with Crippen LogP contribution in [0.4, 0.5) is 0 Å². The van der Waals surface area contributed by atoms with Gasteiger partial charge in [0, 0.05) is 0 Å². The van der Waals surface area contributed by atoms with Crippen LogP contribution in [-0.2, 0) is 19.5 Å². The predicted octanol–water partition coefficient (Wildman–Crippen LogP) is 1.88. The molecular weight excluding hydrogens is 325 g/mol. The molecule has 0 spiro atoms. The van der Waals surface area contributed by atoms with E-state index >= 15 is 0 Å². The molecule has 1 heterocycles. The third-order valence-electron chi connectivity index (χ3n) is 2.75. The molecule has 2 aromatic carbocycles. The first-order valence-corrected chi connectivity index (χ1v) is 6.37.